The number of rotatable bonds is 3. The van der Waals surface area contributed by atoms with Gasteiger partial charge in [0.25, 0.3) is 0 Å². The van der Waals surface area contributed by atoms with E-state index in [-0.39, 0.29) is 0 Å². The second-order valence-corrected chi connectivity index (χ2v) is 4.21. The van der Waals surface area contributed by atoms with Gasteiger partial charge in [0.2, 0.25) is 0 Å². The van der Waals surface area contributed by atoms with Crippen molar-refractivity contribution < 1.29 is 4.74 Å². The van der Waals surface area contributed by atoms with Crippen molar-refractivity contribution >= 4 is 0 Å². The Morgan fingerprint density at radius 1 is 0.895 bits per heavy atom. The van der Waals surface area contributed by atoms with Crippen molar-refractivity contribution in [3.8, 4) is 22.7 Å². The molecule has 3 nitrogen and oxygen atoms in total. The Kier molecular flexibility index (Phi) is 3.02. The Hall–Kier alpha value is -2.55. The Morgan fingerprint density at radius 3 is 2.32 bits per heavy atom. The summed E-state index contributed by atoms with van der Waals surface area (Å²) in [5.74, 6) is 0.846. The van der Waals surface area contributed by atoms with E-state index in [2.05, 4.69) is 17.2 Å². The van der Waals surface area contributed by atoms with Crippen LogP contribution in [0.1, 0.15) is 0 Å². The van der Waals surface area contributed by atoms with Gasteiger partial charge >= 0.3 is 0 Å². The highest BCUT2D eigenvalue weighted by molar-refractivity contribution is 5.58. The Morgan fingerprint density at radius 2 is 1.63 bits per heavy atom. The average molecular weight is 250 g/mol. The standard InChI is InChI=1S/C16H14N2O/c1-19-15-9-7-14(8-10-15)18-12-11-16(17-18)13-5-3-2-4-6-13/h2-12H,1H3. The van der Waals surface area contributed by atoms with Crippen LogP contribution in [0.25, 0.3) is 16.9 Å². The highest BCUT2D eigenvalue weighted by Gasteiger charge is 2.03. The van der Waals surface area contributed by atoms with E-state index in [9.17, 15) is 0 Å². The van der Waals surface area contributed by atoms with Crippen LogP contribution >= 0.6 is 0 Å². The molecule has 3 aromatic rings. The van der Waals surface area contributed by atoms with Gasteiger partial charge in [0.15, 0.2) is 0 Å². The smallest absolute Gasteiger partial charge is 0.119 e. The molecule has 3 rings (SSSR count). The molecule has 0 N–H and O–H groups in total. The van der Waals surface area contributed by atoms with Crippen LogP contribution in [0, 0.1) is 0 Å². The first kappa shape index (κ1) is 11.5. The monoisotopic (exact) mass is 250 g/mol. The van der Waals surface area contributed by atoms with Crippen molar-refractivity contribution in [3.05, 3.63) is 66.9 Å². The van der Waals surface area contributed by atoms with Gasteiger partial charge in [0, 0.05) is 11.8 Å². The summed E-state index contributed by atoms with van der Waals surface area (Å²) in [4.78, 5) is 0. The molecule has 3 heteroatoms. The van der Waals surface area contributed by atoms with E-state index in [1.807, 2.05) is 59.4 Å². The summed E-state index contributed by atoms with van der Waals surface area (Å²) in [6.07, 6.45) is 1.96. The van der Waals surface area contributed by atoms with Crippen LogP contribution in [0.5, 0.6) is 5.75 Å². The van der Waals surface area contributed by atoms with E-state index in [1.165, 1.54) is 0 Å². The van der Waals surface area contributed by atoms with Gasteiger partial charge in [-0.1, -0.05) is 30.3 Å². The second-order valence-electron chi connectivity index (χ2n) is 4.21. The SMILES string of the molecule is COc1ccc(-n2ccc(-c3ccccc3)n2)cc1. The van der Waals surface area contributed by atoms with Crippen molar-refractivity contribution in [2.75, 3.05) is 7.11 Å². The zero-order chi connectivity index (χ0) is 13.1. The Labute approximate surface area is 112 Å². The maximum Gasteiger partial charge on any atom is 0.119 e. The minimum atomic E-state index is 0.846. The normalized spacial score (nSPS) is 10.4. The molecule has 94 valence electrons. The number of ether oxygens (including phenoxy) is 1. The molecule has 0 atom stereocenters. The average Bonchev–Trinajstić information content (AvgIpc) is 2.98. The summed E-state index contributed by atoms with van der Waals surface area (Å²) in [7, 11) is 1.66. The first-order chi connectivity index (χ1) is 9.36. The molecule has 19 heavy (non-hydrogen) atoms. The van der Waals surface area contributed by atoms with E-state index < -0.39 is 0 Å². The van der Waals surface area contributed by atoms with Crippen LogP contribution < -0.4 is 4.74 Å². The lowest BCUT2D eigenvalue weighted by atomic mass is 10.2. The van der Waals surface area contributed by atoms with Gasteiger partial charge in [-0.25, -0.2) is 4.68 Å². The minimum absolute atomic E-state index is 0.846. The number of nitrogens with zero attached hydrogens (tertiary/aromatic N) is 2. The third kappa shape index (κ3) is 2.36. The topological polar surface area (TPSA) is 27.1 Å². The fraction of sp³-hybridized carbons (Fsp3) is 0.0625. The maximum absolute atomic E-state index is 5.15. The summed E-state index contributed by atoms with van der Waals surface area (Å²) in [6.45, 7) is 0. The van der Waals surface area contributed by atoms with Gasteiger partial charge in [-0.05, 0) is 30.3 Å². The largest absolute Gasteiger partial charge is 0.497 e. The Balaban J connectivity index is 1.92. The molecule has 0 aliphatic heterocycles. The first-order valence-electron chi connectivity index (χ1n) is 6.12. The minimum Gasteiger partial charge on any atom is -0.497 e. The van der Waals surface area contributed by atoms with Crippen LogP contribution in [0.4, 0.5) is 0 Å². The number of benzene rings is 2. The van der Waals surface area contributed by atoms with Gasteiger partial charge in [0.05, 0.1) is 18.5 Å². The maximum atomic E-state index is 5.15. The number of hydrogen-bond donors (Lipinski definition) is 0. The lowest BCUT2D eigenvalue weighted by Gasteiger charge is -2.03. The third-order valence-corrected chi connectivity index (χ3v) is 3.00. The molecule has 0 fully saturated rings. The molecule has 0 unspecified atom stereocenters. The summed E-state index contributed by atoms with van der Waals surface area (Å²) >= 11 is 0. The molecule has 0 amide bonds. The number of hydrogen-bond acceptors (Lipinski definition) is 2. The van der Waals surface area contributed by atoms with Gasteiger partial charge in [-0.15, -0.1) is 0 Å². The van der Waals surface area contributed by atoms with Crippen molar-refractivity contribution in [2.24, 2.45) is 0 Å². The first-order valence-corrected chi connectivity index (χ1v) is 6.12. The zero-order valence-corrected chi connectivity index (χ0v) is 10.7. The van der Waals surface area contributed by atoms with Crippen LogP contribution in [0.2, 0.25) is 0 Å². The molecular weight excluding hydrogens is 236 g/mol. The zero-order valence-electron chi connectivity index (χ0n) is 10.7. The molecule has 0 saturated carbocycles. The van der Waals surface area contributed by atoms with Crippen molar-refractivity contribution in [3.63, 3.8) is 0 Å². The molecule has 0 aliphatic rings. The van der Waals surface area contributed by atoms with Crippen molar-refractivity contribution in [1.82, 2.24) is 9.78 Å². The molecule has 2 aromatic carbocycles. The molecular formula is C16H14N2O. The Bertz CT molecular complexity index is 657. The van der Waals surface area contributed by atoms with Crippen molar-refractivity contribution in [1.29, 1.82) is 0 Å². The van der Waals surface area contributed by atoms with Gasteiger partial charge < -0.3 is 4.74 Å². The second kappa shape index (κ2) is 4.98. The van der Waals surface area contributed by atoms with E-state index in [1.54, 1.807) is 7.11 Å². The molecule has 0 bridgehead atoms. The lowest BCUT2D eigenvalue weighted by molar-refractivity contribution is 0.414. The summed E-state index contributed by atoms with van der Waals surface area (Å²) in [6, 6.07) is 20.0. The molecule has 0 spiro atoms. The predicted octanol–water partition coefficient (Wildman–Crippen LogP) is 3.55. The summed E-state index contributed by atoms with van der Waals surface area (Å²) in [5, 5.41) is 4.58. The van der Waals surface area contributed by atoms with Gasteiger partial charge in [0.1, 0.15) is 5.75 Å². The van der Waals surface area contributed by atoms with Gasteiger partial charge in [-0.3, -0.25) is 0 Å². The van der Waals surface area contributed by atoms with Gasteiger partial charge in [-0.2, -0.15) is 5.10 Å². The van der Waals surface area contributed by atoms with Crippen LogP contribution in [-0.2, 0) is 0 Å². The molecule has 0 radical (unpaired) electrons. The molecule has 1 heterocycles. The predicted molar refractivity (Wildman–Crippen MR) is 75.6 cm³/mol. The van der Waals surface area contributed by atoms with Crippen LogP contribution in [0.3, 0.4) is 0 Å². The fourth-order valence-electron chi connectivity index (χ4n) is 1.97. The summed E-state index contributed by atoms with van der Waals surface area (Å²) in [5.41, 5.74) is 3.11. The van der Waals surface area contributed by atoms with Crippen LogP contribution in [-0.4, -0.2) is 16.9 Å². The molecule has 0 saturated heterocycles. The molecule has 0 aliphatic carbocycles. The quantitative estimate of drug-likeness (QED) is 0.710. The van der Waals surface area contributed by atoms with E-state index in [0.717, 1.165) is 22.7 Å². The summed E-state index contributed by atoms with van der Waals surface area (Å²) < 4.78 is 7.01. The third-order valence-electron chi connectivity index (χ3n) is 3.00. The van der Waals surface area contributed by atoms with Crippen molar-refractivity contribution in [2.45, 2.75) is 0 Å². The van der Waals surface area contributed by atoms with E-state index in [4.69, 9.17) is 4.74 Å². The number of aromatic nitrogens is 2. The van der Waals surface area contributed by atoms with E-state index in [0.29, 0.717) is 0 Å². The van der Waals surface area contributed by atoms with E-state index >= 15 is 0 Å². The molecule has 1 aromatic heterocycles. The lowest BCUT2D eigenvalue weighted by Crippen LogP contribution is -1.94. The highest BCUT2D eigenvalue weighted by Crippen LogP contribution is 2.19. The highest BCUT2D eigenvalue weighted by atomic mass is 16.5. The van der Waals surface area contributed by atoms with Crippen LogP contribution in [0.15, 0.2) is 66.9 Å². The number of methoxy groups -OCH3 is 1. The fourth-order valence-corrected chi connectivity index (χ4v) is 1.97.